The number of pyridine rings is 1. The number of amides is 1. The minimum atomic E-state index is -0.195. The topological polar surface area (TPSA) is 60.5 Å². The van der Waals surface area contributed by atoms with Crippen molar-refractivity contribution >= 4 is 16.8 Å². The second-order valence-electron chi connectivity index (χ2n) is 6.83. The predicted octanol–water partition coefficient (Wildman–Crippen LogP) is 3.42. The van der Waals surface area contributed by atoms with Crippen LogP contribution in [0.2, 0.25) is 0 Å². The molecule has 0 radical (unpaired) electrons. The van der Waals surface area contributed by atoms with E-state index in [1.165, 1.54) is 0 Å². The number of hydrogen-bond donors (Lipinski definition) is 1. The maximum absolute atomic E-state index is 12.7. The number of aryl methyl sites for hydroxylation is 1. The molecule has 0 aliphatic carbocycles. The van der Waals surface area contributed by atoms with Gasteiger partial charge in [-0.2, -0.15) is 0 Å². The molecule has 1 N–H and O–H groups in total. The van der Waals surface area contributed by atoms with Gasteiger partial charge in [0.15, 0.2) is 0 Å². The Morgan fingerprint density at radius 1 is 1.30 bits per heavy atom. The number of fused-ring (bicyclic) bond motifs is 2. The summed E-state index contributed by atoms with van der Waals surface area (Å²) in [5.74, 6) is 1.38. The molecule has 0 saturated carbocycles. The van der Waals surface area contributed by atoms with Crippen molar-refractivity contribution in [2.45, 2.75) is 19.9 Å². The zero-order chi connectivity index (χ0) is 18.8. The fourth-order valence-electron chi connectivity index (χ4n) is 3.52. The molecule has 27 heavy (non-hydrogen) atoms. The number of nitrogens with one attached hydrogen (secondary N) is 1. The molecule has 138 valence electrons. The number of ether oxygens (including phenoxy) is 2. The quantitative estimate of drug-likeness (QED) is 0.773. The Bertz CT molecular complexity index is 1000. The summed E-state index contributed by atoms with van der Waals surface area (Å²) in [7, 11) is 1.63. The molecule has 5 heteroatoms. The highest BCUT2D eigenvalue weighted by molar-refractivity contribution is 5.84. The zero-order valence-corrected chi connectivity index (χ0v) is 15.5. The first kappa shape index (κ1) is 17.3. The van der Waals surface area contributed by atoms with E-state index in [-0.39, 0.29) is 11.8 Å². The van der Waals surface area contributed by atoms with E-state index in [0.717, 1.165) is 39.1 Å². The van der Waals surface area contributed by atoms with Crippen LogP contribution < -0.4 is 14.8 Å². The van der Waals surface area contributed by atoms with Crippen molar-refractivity contribution in [1.82, 2.24) is 10.3 Å². The third-order valence-corrected chi connectivity index (χ3v) is 5.12. The van der Waals surface area contributed by atoms with Gasteiger partial charge in [0, 0.05) is 24.2 Å². The van der Waals surface area contributed by atoms with Crippen LogP contribution in [0.15, 0.2) is 48.7 Å². The highest BCUT2D eigenvalue weighted by Gasteiger charge is 2.26. The highest BCUT2D eigenvalue weighted by Crippen LogP contribution is 2.31. The van der Waals surface area contributed by atoms with Gasteiger partial charge in [-0.15, -0.1) is 0 Å². The standard InChI is InChI=1S/C22H22N2O3/c1-14-5-8-20-18(4-3-9-23-20)19(14)12-24-22(25)16-10-15-6-7-17(26-2)11-21(15)27-13-16/h3-9,11,16H,10,12-13H2,1-2H3,(H,24,25)/t16-/m1/s1. The van der Waals surface area contributed by atoms with Crippen LogP contribution in [0, 0.1) is 12.8 Å². The molecule has 0 spiro atoms. The van der Waals surface area contributed by atoms with Gasteiger partial charge in [-0.3, -0.25) is 9.78 Å². The molecule has 4 rings (SSSR count). The smallest absolute Gasteiger partial charge is 0.227 e. The van der Waals surface area contributed by atoms with Gasteiger partial charge in [0.2, 0.25) is 5.91 Å². The molecule has 0 saturated heterocycles. The van der Waals surface area contributed by atoms with Crippen molar-refractivity contribution in [2.75, 3.05) is 13.7 Å². The van der Waals surface area contributed by atoms with E-state index in [2.05, 4.69) is 17.2 Å². The molecule has 3 aromatic rings. The van der Waals surface area contributed by atoms with Gasteiger partial charge in [-0.05, 0) is 48.2 Å². The molecular formula is C22H22N2O3. The first-order chi connectivity index (χ1) is 13.2. The Kier molecular flexibility index (Phi) is 4.67. The van der Waals surface area contributed by atoms with Gasteiger partial charge in [-0.25, -0.2) is 0 Å². The van der Waals surface area contributed by atoms with Crippen LogP contribution in [0.25, 0.3) is 10.9 Å². The number of hydrogen-bond acceptors (Lipinski definition) is 4. The van der Waals surface area contributed by atoms with Gasteiger partial charge in [-0.1, -0.05) is 18.2 Å². The van der Waals surface area contributed by atoms with E-state index < -0.39 is 0 Å². The lowest BCUT2D eigenvalue weighted by atomic mass is 9.95. The summed E-state index contributed by atoms with van der Waals surface area (Å²) in [6.07, 6.45) is 2.45. The first-order valence-electron chi connectivity index (χ1n) is 9.06. The van der Waals surface area contributed by atoms with Crippen LogP contribution in [0.4, 0.5) is 0 Å². The molecule has 2 aromatic carbocycles. The highest BCUT2D eigenvalue weighted by atomic mass is 16.5. The molecular weight excluding hydrogens is 340 g/mol. The van der Waals surface area contributed by atoms with Gasteiger partial charge in [0.25, 0.3) is 0 Å². The molecule has 1 aromatic heterocycles. The number of carbonyl (C=O) groups excluding carboxylic acids is 1. The summed E-state index contributed by atoms with van der Waals surface area (Å²) in [5.41, 5.74) is 4.23. The minimum Gasteiger partial charge on any atom is -0.497 e. The summed E-state index contributed by atoms with van der Waals surface area (Å²) in [5, 5.41) is 4.16. The van der Waals surface area contributed by atoms with Crippen LogP contribution in [-0.4, -0.2) is 24.6 Å². The normalized spacial score (nSPS) is 15.7. The molecule has 1 atom stereocenters. The predicted molar refractivity (Wildman–Crippen MR) is 104 cm³/mol. The molecule has 5 nitrogen and oxygen atoms in total. The van der Waals surface area contributed by atoms with Crippen molar-refractivity contribution in [3.05, 3.63) is 65.4 Å². The molecule has 2 heterocycles. The van der Waals surface area contributed by atoms with E-state index in [1.807, 2.05) is 42.5 Å². The van der Waals surface area contributed by atoms with Crippen LogP contribution >= 0.6 is 0 Å². The monoisotopic (exact) mass is 362 g/mol. The Labute approximate surface area is 158 Å². The SMILES string of the molecule is COc1ccc2c(c1)OC[C@H](C(=O)NCc1c(C)ccc3ncccc13)C2. The maximum atomic E-state index is 12.7. The fourth-order valence-corrected chi connectivity index (χ4v) is 3.52. The van der Waals surface area contributed by atoms with E-state index >= 15 is 0 Å². The van der Waals surface area contributed by atoms with Gasteiger partial charge in [0.1, 0.15) is 18.1 Å². The Morgan fingerprint density at radius 3 is 3.04 bits per heavy atom. The van der Waals surface area contributed by atoms with E-state index in [0.29, 0.717) is 19.6 Å². The second kappa shape index (κ2) is 7.27. The number of aromatic nitrogens is 1. The number of benzene rings is 2. The van der Waals surface area contributed by atoms with E-state index in [1.54, 1.807) is 13.3 Å². The van der Waals surface area contributed by atoms with Gasteiger partial charge < -0.3 is 14.8 Å². The summed E-state index contributed by atoms with van der Waals surface area (Å²) >= 11 is 0. The van der Waals surface area contributed by atoms with Gasteiger partial charge >= 0.3 is 0 Å². The minimum absolute atomic E-state index is 0.0109. The molecule has 0 unspecified atom stereocenters. The van der Waals surface area contributed by atoms with Crippen LogP contribution in [-0.2, 0) is 17.8 Å². The molecule has 1 aliphatic heterocycles. The third-order valence-electron chi connectivity index (χ3n) is 5.12. The van der Waals surface area contributed by atoms with E-state index in [4.69, 9.17) is 9.47 Å². The van der Waals surface area contributed by atoms with Crippen molar-refractivity contribution in [1.29, 1.82) is 0 Å². The largest absolute Gasteiger partial charge is 0.497 e. The van der Waals surface area contributed by atoms with Crippen molar-refractivity contribution in [2.24, 2.45) is 5.92 Å². The lowest BCUT2D eigenvalue weighted by Gasteiger charge is -2.25. The average Bonchev–Trinajstić information content (AvgIpc) is 2.72. The van der Waals surface area contributed by atoms with Crippen LogP contribution in [0.1, 0.15) is 16.7 Å². The summed E-state index contributed by atoms with van der Waals surface area (Å²) in [6, 6.07) is 13.8. The lowest BCUT2D eigenvalue weighted by molar-refractivity contribution is -0.126. The first-order valence-corrected chi connectivity index (χ1v) is 9.06. The molecule has 0 fully saturated rings. The van der Waals surface area contributed by atoms with Crippen molar-refractivity contribution in [3.63, 3.8) is 0 Å². The average molecular weight is 362 g/mol. The molecule has 0 bridgehead atoms. The van der Waals surface area contributed by atoms with Crippen LogP contribution in [0.5, 0.6) is 11.5 Å². The fraction of sp³-hybridized carbons (Fsp3) is 0.273. The summed E-state index contributed by atoms with van der Waals surface area (Å²) in [6.45, 7) is 2.92. The second-order valence-corrected chi connectivity index (χ2v) is 6.83. The van der Waals surface area contributed by atoms with Crippen LogP contribution in [0.3, 0.4) is 0 Å². The maximum Gasteiger partial charge on any atom is 0.227 e. The summed E-state index contributed by atoms with van der Waals surface area (Å²) in [4.78, 5) is 17.1. The van der Waals surface area contributed by atoms with E-state index in [9.17, 15) is 4.79 Å². The number of rotatable bonds is 4. The summed E-state index contributed by atoms with van der Waals surface area (Å²) < 4.78 is 11.0. The third kappa shape index (κ3) is 3.45. The Hall–Kier alpha value is -3.08. The lowest BCUT2D eigenvalue weighted by Crippen LogP contribution is -2.37. The number of methoxy groups -OCH3 is 1. The Morgan fingerprint density at radius 2 is 2.19 bits per heavy atom. The zero-order valence-electron chi connectivity index (χ0n) is 15.5. The molecule has 1 aliphatic rings. The van der Waals surface area contributed by atoms with Crippen molar-refractivity contribution in [3.8, 4) is 11.5 Å². The Balaban J connectivity index is 1.47. The number of nitrogens with zero attached hydrogens (tertiary/aromatic N) is 1. The molecule has 1 amide bonds. The van der Waals surface area contributed by atoms with Gasteiger partial charge in [0.05, 0.1) is 18.5 Å². The van der Waals surface area contributed by atoms with Crippen molar-refractivity contribution < 1.29 is 14.3 Å². The number of carbonyl (C=O) groups is 1.